The van der Waals surface area contributed by atoms with E-state index in [0.717, 1.165) is 16.4 Å². The van der Waals surface area contributed by atoms with E-state index in [0.29, 0.717) is 16.3 Å². The zero-order chi connectivity index (χ0) is 18.0. The molecule has 2 aromatic rings. The van der Waals surface area contributed by atoms with Gasteiger partial charge in [0.05, 0.1) is 6.61 Å². The Bertz CT molecular complexity index is 892. The highest BCUT2D eigenvalue weighted by molar-refractivity contribution is 7.84. The first kappa shape index (κ1) is 18.1. The van der Waals surface area contributed by atoms with Gasteiger partial charge in [0.2, 0.25) is 0 Å². The summed E-state index contributed by atoms with van der Waals surface area (Å²) in [5.74, 6) is -1.03. The summed E-state index contributed by atoms with van der Waals surface area (Å²) in [6.07, 6.45) is 0. The molecule has 0 aliphatic carbocycles. The predicted molar refractivity (Wildman–Crippen MR) is 87.4 cm³/mol. The summed E-state index contributed by atoms with van der Waals surface area (Å²) < 4.78 is 61.6. The maximum absolute atomic E-state index is 13.7. The van der Waals surface area contributed by atoms with Crippen LogP contribution in [0.15, 0.2) is 36.4 Å². The quantitative estimate of drug-likeness (QED) is 0.787. The molecule has 5 nitrogen and oxygen atoms in total. The average molecular weight is 390 g/mol. The van der Waals surface area contributed by atoms with Gasteiger partial charge in [0.15, 0.2) is 0 Å². The molecule has 25 heavy (non-hydrogen) atoms. The number of rotatable bonds is 5. The van der Waals surface area contributed by atoms with Crippen molar-refractivity contribution in [1.29, 1.82) is 0 Å². The summed E-state index contributed by atoms with van der Waals surface area (Å²) in [5, 5.41) is 0.410. The highest BCUT2D eigenvalue weighted by Crippen LogP contribution is 2.27. The third kappa shape index (κ3) is 4.27. The summed E-state index contributed by atoms with van der Waals surface area (Å²) in [6, 6.07) is 7.93. The fourth-order valence-corrected chi connectivity index (χ4v) is 3.61. The summed E-state index contributed by atoms with van der Waals surface area (Å²) in [6.45, 7) is 0.189. The molecular formula is C16H14ClF2NO4S. The lowest BCUT2D eigenvalue weighted by Gasteiger charge is -2.16. The third-order valence-electron chi connectivity index (χ3n) is 3.66. The molecule has 1 saturated heterocycles. The predicted octanol–water partition coefficient (Wildman–Crippen LogP) is 3.27. The van der Waals surface area contributed by atoms with Crippen LogP contribution < -0.4 is 4.74 Å². The highest BCUT2D eigenvalue weighted by Gasteiger charge is 2.30. The molecule has 0 spiro atoms. The minimum atomic E-state index is -3.76. The molecule has 0 atom stereocenters. The van der Waals surface area contributed by atoms with Gasteiger partial charge in [-0.2, -0.15) is 12.7 Å². The monoisotopic (exact) mass is 389 g/mol. The molecular weight excluding hydrogens is 376 g/mol. The number of halogens is 3. The molecule has 0 N–H and O–H groups in total. The van der Waals surface area contributed by atoms with Crippen molar-refractivity contribution in [2.45, 2.75) is 13.2 Å². The van der Waals surface area contributed by atoms with Crippen molar-refractivity contribution in [2.75, 3.05) is 13.2 Å². The Morgan fingerprint density at radius 1 is 1.16 bits per heavy atom. The van der Waals surface area contributed by atoms with E-state index in [9.17, 15) is 17.2 Å². The van der Waals surface area contributed by atoms with Crippen LogP contribution in [-0.2, 0) is 27.6 Å². The van der Waals surface area contributed by atoms with Crippen LogP contribution in [0, 0.1) is 11.6 Å². The van der Waals surface area contributed by atoms with Gasteiger partial charge >= 0.3 is 10.3 Å². The number of benzene rings is 2. The Morgan fingerprint density at radius 2 is 1.96 bits per heavy atom. The Morgan fingerprint density at radius 3 is 2.64 bits per heavy atom. The maximum atomic E-state index is 13.7. The van der Waals surface area contributed by atoms with E-state index in [2.05, 4.69) is 0 Å². The Balaban J connectivity index is 1.79. The molecule has 134 valence electrons. The Hall–Kier alpha value is -1.74. The van der Waals surface area contributed by atoms with E-state index in [1.54, 1.807) is 18.2 Å². The molecule has 0 amide bonds. The normalized spacial score (nSPS) is 16.9. The largest absolute Gasteiger partial charge is 0.488 e. The molecule has 9 heteroatoms. The van der Waals surface area contributed by atoms with Gasteiger partial charge in [-0.15, -0.1) is 0 Å². The molecule has 3 rings (SSSR count). The first-order valence-corrected chi connectivity index (χ1v) is 9.09. The topological polar surface area (TPSA) is 55.8 Å². The van der Waals surface area contributed by atoms with Gasteiger partial charge in [-0.05, 0) is 30.3 Å². The van der Waals surface area contributed by atoms with Crippen molar-refractivity contribution >= 4 is 21.9 Å². The zero-order valence-corrected chi connectivity index (χ0v) is 14.5. The zero-order valence-electron chi connectivity index (χ0n) is 12.9. The SMILES string of the molecule is O=S1(=O)OCCN1Cc1cc(Cl)ccc1OCc1ccc(F)cc1F. The molecule has 1 heterocycles. The van der Waals surface area contributed by atoms with Gasteiger partial charge in [0, 0.05) is 35.3 Å². The van der Waals surface area contributed by atoms with Crippen LogP contribution in [0.5, 0.6) is 5.75 Å². The first-order valence-electron chi connectivity index (χ1n) is 7.35. The van der Waals surface area contributed by atoms with Crippen LogP contribution in [0.4, 0.5) is 8.78 Å². The minimum absolute atomic E-state index is 0.0180. The lowest BCUT2D eigenvalue weighted by molar-refractivity contribution is 0.293. The number of nitrogens with zero attached hydrogens (tertiary/aromatic N) is 1. The molecule has 2 aromatic carbocycles. The second kappa shape index (κ2) is 7.25. The standard InChI is InChI=1S/C16H14ClF2NO4S/c17-13-2-4-16(23-10-11-1-3-14(18)8-15(11)19)12(7-13)9-20-5-6-24-25(20,21)22/h1-4,7-8H,5-6,9-10H2. The summed E-state index contributed by atoms with van der Waals surface area (Å²) in [5.41, 5.74) is 0.698. The van der Waals surface area contributed by atoms with Crippen molar-refractivity contribution in [1.82, 2.24) is 4.31 Å². The van der Waals surface area contributed by atoms with E-state index in [-0.39, 0.29) is 31.9 Å². The van der Waals surface area contributed by atoms with Crippen molar-refractivity contribution in [3.63, 3.8) is 0 Å². The summed E-state index contributed by atoms with van der Waals surface area (Å²) >= 11 is 5.98. The van der Waals surface area contributed by atoms with E-state index >= 15 is 0 Å². The number of hydrogen-bond acceptors (Lipinski definition) is 4. The molecule has 0 bridgehead atoms. The van der Waals surface area contributed by atoms with E-state index in [1.165, 1.54) is 6.07 Å². The summed E-state index contributed by atoms with van der Waals surface area (Å²) in [4.78, 5) is 0. The van der Waals surface area contributed by atoms with Crippen molar-refractivity contribution < 1.29 is 26.1 Å². The molecule has 0 unspecified atom stereocenters. The van der Waals surface area contributed by atoms with Crippen LogP contribution in [0.3, 0.4) is 0 Å². The van der Waals surface area contributed by atoms with Crippen LogP contribution in [0.1, 0.15) is 11.1 Å². The molecule has 0 saturated carbocycles. The van der Waals surface area contributed by atoms with Crippen LogP contribution in [0.2, 0.25) is 5.02 Å². The van der Waals surface area contributed by atoms with Gasteiger partial charge in [-0.3, -0.25) is 4.18 Å². The van der Waals surface area contributed by atoms with Gasteiger partial charge in [-0.25, -0.2) is 8.78 Å². The fraction of sp³-hybridized carbons (Fsp3) is 0.250. The van der Waals surface area contributed by atoms with Crippen molar-refractivity contribution in [2.24, 2.45) is 0 Å². The second-order valence-corrected chi connectivity index (χ2v) is 7.43. The van der Waals surface area contributed by atoms with Crippen LogP contribution in [-0.4, -0.2) is 25.9 Å². The lowest BCUT2D eigenvalue weighted by Crippen LogP contribution is -2.25. The van der Waals surface area contributed by atoms with E-state index < -0.39 is 21.9 Å². The molecule has 1 fully saturated rings. The van der Waals surface area contributed by atoms with Crippen LogP contribution >= 0.6 is 11.6 Å². The highest BCUT2D eigenvalue weighted by atomic mass is 35.5. The molecule has 1 aliphatic heterocycles. The van der Waals surface area contributed by atoms with Gasteiger partial charge < -0.3 is 4.74 Å². The fourth-order valence-electron chi connectivity index (χ4n) is 2.39. The number of ether oxygens (including phenoxy) is 1. The van der Waals surface area contributed by atoms with Crippen LogP contribution in [0.25, 0.3) is 0 Å². The first-order chi connectivity index (χ1) is 11.8. The summed E-state index contributed by atoms with van der Waals surface area (Å²) in [7, 11) is -3.76. The second-order valence-electron chi connectivity index (χ2n) is 5.39. The molecule has 1 aliphatic rings. The van der Waals surface area contributed by atoms with E-state index in [4.69, 9.17) is 20.5 Å². The maximum Gasteiger partial charge on any atom is 0.338 e. The van der Waals surface area contributed by atoms with Gasteiger partial charge in [0.1, 0.15) is 24.0 Å². The Labute approximate surface area is 149 Å². The molecule has 0 aromatic heterocycles. The minimum Gasteiger partial charge on any atom is -0.488 e. The molecule has 0 radical (unpaired) electrons. The van der Waals surface area contributed by atoms with Gasteiger partial charge in [0.25, 0.3) is 0 Å². The van der Waals surface area contributed by atoms with E-state index in [1.807, 2.05) is 0 Å². The van der Waals surface area contributed by atoms with Crippen molar-refractivity contribution in [3.8, 4) is 5.75 Å². The van der Waals surface area contributed by atoms with Crippen molar-refractivity contribution in [3.05, 3.63) is 64.2 Å². The lowest BCUT2D eigenvalue weighted by atomic mass is 10.2. The smallest absolute Gasteiger partial charge is 0.338 e. The number of hydrogen-bond donors (Lipinski definition) is 0. The Kier molecular flexibility index (Phi) is 5.24. The van der Waals surface area contributed by atoms with Gasteiger partial charge in [-0.1, -0.05) is 11.6 Å². The third-order valence-corrected chi connectivity index (χ3v) is 5.30. The average Bonchev–Trinajstić information content (AvgIpc) is 2.87.